The molecule has 2 rings (SSSR count). The molecule has 0 spiro atoms. The molecule has 1 aromatic rings. The highest BCUT2D eigenvalue weighted by Gasteiger charge is 2.20. The summed E-state index contributed by atoms with van der Waals surface area (Å²) in [4.78, 5) is 6.65. The summed E-state index contributed by atoms with van der Waals surface area (Å²) in [6.07, 6.45) is 5.47. The molecule has 1 aliphatic heterocycles. The van der Waals surface area contributed by atoms with Crippen LogP contribution >= 0.6 is 0 Å². The predicted molar refractivity (Wildman–Crippen MR) is 83.4 cm³/mol. The molecule has 5 heteroatoms. The standard InChI is InChI=1S/C16H27N3O2/c1-2-21-16-7-6-14(12-18-16)11-17-8-10-19-9-4-3-5-15(19)13-20/h6-7,12,15,17,20H,2-5,8-11,13H2,1H3. The van der Waals surface area contributed by atoms with Gasteiger partial charge in [-0.05, 0) is 31.9 Å². The van der Waals surface area contributed by atoms with Crippen LogP contribution in [0.4, 0.5) is 0 Å². The van der Waals surface area contributed by atoms with E-state index in [1.165, 1.54) is 12.8 Å². The first kappa shape index (κ1) is 16.2. The molecule has 1 saturated heterocycles. The Hall–Kier alpha value is -1.17. The Morgan fingerprint density at radius 1 is 1.43 bits per heavy atom. The fourth-order valence-electron chi connectivity index (χ4n) is 2.77. The van der Waals surface area contributed by atoms with E-state index in [1.54, 1.807) is 0 Å². The van der Waals surface area contributed by atoms with Gasteiger partial charge >= 0.3 is 0 Å². The fraction of sp³-hybridized carbons (Fsp3) is 0.688. The fourth-order valence-corrected chi connectivity index (χ4v) is 2.77. The van der Waals surface area contributed by atoms with Crippen LogP contribution in [0, 0.1) is 0 Å². The van der Waals surface area contributed by atoms with Crippen LogP contribution in [0.3, 0.4) is 0 Å². The van der Waals surface area contributed by atoms with Gasteiger partial charge in [0.25, 0.3) is 0 Å². The second-order valence-corrected chi connectivity index (χ2v) is 5.48. The van der Waals surface area contributed by atoms with E-state index < -0.39 is 0 Å². The van der Waals surface area contributed by atoms with E-state index in [1.807, 2.05) is 25.3 Å². The Morgan fingerprint density at radius 2 is 2.33 bits per heavy atom. The summed E-state index contributed by atoms with van der Waals surface area (Å²) in [5, 5.41) is 12.8. The average Bonchev–Trinajstić information content (AvgIpc) is 2.54. The minimum Gasteiger partial charge on any atom is -0.478 e. The number of pyridine rings is 1. The lowest BCUT2D eigenvalue weighted by atomic mass is 10.0. The SMILES string of the molecule is CCOc1ccc(CNCCN2CCCCC2CO)cn1. The van der Waals surface area contributed by atoms with Crippen LogP contribution in [0.15, 0.2) is 18.3 Å². The lowest BCUT2D eigenvalue weighted by Gasteiger charge is -2.34. The molecule has 118 valence electrons. The molecule has 2 heterocycles. The van der Waals surface area contributed by atoms with Crippen molar-refractivity contribution in [2.75, 3.05) is 32.8 Å². The zero-order valence-electron chi connectivity index (χ0n) is 12.9. The van der Waals surface area contributed by atoms with Crippen LogP contribution in [0.25, 0.3) is 0 Å². The van der Waals surface area contributed by atoms with Crippen molar-refractivity contribution < 1.29 is 9.84 Å². The number of rotatable bonds is 8. The van der Waals surface area contributed by atoms with E-state index in [9.17, 15) is 5.11 Å². The third-order valence-corrected chi connectivity index (χ3v) is 3.95. The summed E-state index contributed by atoms with van der Waals surface area (Å²) in [6, 6.07) is 4.31. The maximum atomic E-state index is 9.38. The highest BCUT2D eigenvalue weighted by molar-refractivity contribution is 5.17. The number of piperidine rings is 1. The molecule has 2 N–H and O–H groups in total. The average molecular weight is 293 g/mol. The Bertz CT molecular complexity index is 397. The minimum atomic E-state index is 0.281. The monoisotopic (exact) mass is 293 g/mol. The van der Waals surface area contributed by atoms with E-state index in [-0.39, 0.29) is 6.61 Å². The van der Waals surface area contributed by atoms with Gasteiger partial charge in [0.2, 0.25) is 5.88 Å². The number of aliphatic hydroxyl groups is 1. The highest BCUT2D eigenvalue weighted by Crippen LogP contribution is 2.15. The van der Waals surface area contributed by atoms with Gasteiger partial charge in [0.1, 0.15) is 0 Å². The van der Waals surface area contributed by atoms with Gasteiger partial charge in [-0.25, -0.2) is 4.98 Å². The van der Waals surface area contributed by atoms with Crippen molar-refractivity contribution in [2.45, 2.75) is 38.8 Å². The first-order valence-corrected chi connectivity index (χ1v) is 7.97. The summed E-state index contributed by atoms with van der Waals surface area (Å²) in [6.45, 7) is 6.74. The summed E-state index contributed by atoms with van der Waals surface area (Å²) in [5.74, 6) is 0.681. The van der Waals surface area contributed by atoms with Crippen LogP contribution in [0.1, 0.15) is 31.7 Å². The third-order valence-electron chi connectivity index (χ3n) is 3.95. The van der Waals surface area contributed by atoms with Crippen molar-refractivity contribution in [3.63, 3.8) is 0 Å². The lowest BCUT2D eigenvalue weighted by molar-refractivity contribution is 0.0910. The van der Waals surface area contributed by atoms with Crippen molar-refractivity contribution in [1.29, 1.82) is 0 Å². The molecular weight excluding hydrogens is 266 g/mol. The number of nitrogens with one attached hydrogen (secondary N) is 1. The van der Waals surface area contributed by atoms with Crippen molar-refractivity contribution in [2.24, 2.45) is 0 Å². The molecule has 1 atom stereocenters. The molecular formula is C16H27N3O2. The zero-order chi connectivity index (χ0) is 14.9. The molecule has 0 aliphatic carbocycles. The smallest absolute Gasteiger partial charge is 0.213 e. The first-order valence-electron chi connectivity index (χ1n) is 7.97. The van der Waals surface area contributed by atoms with Crippen molar-refractivity contribution in [1.82, 2.24) is 15.2 Å². The van der Waals surface area contributed by atoms with Gasteiger partial charge in [-0.3, -0.25) is 4.90 Å². The van der Waals surface area contributed by atoms with E-state index in [0.717, 1.165) is 38.2 Å². The van der Waals surface area contributed by atoms with Gasteiger partial charge < -0.3 is 15.2 Å². The molecule has 1 aliphatic rings. The highest BCUT2D eigenvalue weighted by atomic mass is 16.5. The lowest BCUT2D eigenvalue weighted by Crippen LogP contribution is -2.44. The molecule has 0 bridgehead atoms. The number of ether oxygens (including phenoxy) is 1. The largest absolute Gasteiger partial charge is 0.478 e. The number of aliphatic hydroxyl groups excluding tert-OH is 1. The maximum Gasteiger partial charge on any atom is 0.213 e. The predicted octanol–water partition coefficient (Wildman–Crippen LogP) is 1.42. The molecule has 21 heavy (non-hydrogen) atoms. The Labute approximate surface area is 127 Å². The number of nitrogens with zero attached hydrogens (tertiary/aromatic N) is 2. The molecule has 0 amide bonds. The quantitative estimate of drug-likeness (QED) is 0.710. The second-order valence-electron chi connectivity index (χ2n) is 5.48. The van der Waals surface area contributed by atoms with Crippen molar-refractivity contribution in [3.8, 4) is 5.88 Å². The third kappa shape index (κ3) is 5.26. The van der Waals surface area contributed by atoms with Crippen LogP contribution in [0.2, 0.25) is 0 Å². The van der Waals surface area contributed by atoms with Gasteiger partial charge in [0, 0.05) is 37.9 Å². The van der Waals surface area contributed by atoms with Gasteiger partial charge in [0.15, 0.2) is 0 Å². The van der Waals surface area contributed by atoms with E-state index in [4.69, 9.17) is 4.74 Å². The van der Waals surface area contributed by atoms with Gasteiger partial charge in [0.05, 0.1) is 13.2 Å². The maximum absolute atomic E-state index is 9.38. The number of hydrogen-bond donors (Lipinski definition) is 2. The Morgan fingerprint density at radius 3 is 3.05 bits per heavy atom. The summed E-state index contributed by atoms with van der Waals surface area (Å²) < 4.78 is 5.33. The number of hydrogen-bond acceptors (Lipinski definition) is 5. The van der Waals surface area contributed by atoms with Crippen molar-refractivity contribution >= 4 is 0 Å². The van der Waals surface area contributed by atoms with Crippen LogP contribution in [-0.2, 0) is 6.54 Å². The van der Waals surface area contributed by atoms with E-state index in [2.05, 4.69) is 15.2 Å². The molecule has 0 radical (unpaired) electrons. The summed E-state index contributed by atoms with van der Waals surface area (Å²) in [7, 11) is 0. The molecule has 1 unspecified atom stereocenters. The van der Waals surface area contributed by atoms with Crippen molar-refractivity contribution in [3.05, 3.63) is 23.9 Å². The zero-order valence-corrected chi connectivity index (χ0v) is 12.9. The number of likely N-dealkylation sites (tertiary alicyclic amines) is 1. The van der Waals surface area contributed by atoms with Crippen LogP contribution in [0.5, 0.6) is 5.88 Å². The Balaban J connectivity index is 1.66. The van der Waals surface area contributed by atoms with E-state index >= 15 is 0 Å². The van der Waals surface area contributed by atoms with Crippen LogP contribution < -0.4 is 10.1 Å². The molecule has 5 nitrogen and oxygen atoms in total. The topological polar surface area (TPSA) is 57.6 Å². The summed E-state index contributed by atoms with van der Waals surface area (Å²) in [5.41, 5.74) is 1.16. The summed E-state index contributed by atoms with van der Waals surface area (Å²) >= 11 is 0. The van der Waals surface area contributed by atoms with E-state index in [0.29, 0.717) is 18.5 Å². The second kappa shape index (κ2) is 8.97. The first-order chi connectivity index (χ1) is 10.3. The molecule has 1 fully saturated rings. The van der Waals surface area contributed by atoms with Gasteiger partial charge in [-0.1, -0.05) is 12.5 Å². The molecule has 0 aromatic carbocycles. The normalized spacial score (nSPS) is 19.6. The number of aromatic nitrogens is 1. The van der Waals surface area contributed by atoms with Gasteiger partial charge in [-0.2, -0.15) is 0 Å². The molecule has 1 aromatic heterocycles. The minimum absolute atomic E-state index is 0.281. The van der Waals surface area contributed by atoms with Gasteiger partial charge in [-0.15, -0.1) is 0 Å². The van der Waals surface area contributed by atoms with Crippen LogP contribution in [-0.4, -0.2) is 53.9 Å². The molecule has 0 saturated carbocycles. The Kier molecular flexibility index (Phi) is 6.92.